The average Bonchev–Trinajstić information content (AvgIpc) is 2.56. The minimum Gasteiger partial charge on any atom is -0.480 e. The van der Waals surface area contributed by atoms with Gasteiger partial charge in [0, 0.05) is 0 Å². The van der Waals surface area contributed by atoms with E-state index in [-0.39, 0.29) is 6.42 Å². The van der Waals surface area contributed by atoms with Gasteiger partial charge in [0.15, 0.2) is 5.41 Å². The summed E-state index contributed by atoms with van der Waals surface area (Å²) in [5, 5.41) is 11.7. The van der Waals surface area contributed by atoms with E-state index in [2.05, 4.69) is 0 Å². The van der Waals surface area contributed by atoms with Crippen molar-refractivity contribution in [2.24, 2.45) is 5.41 Å². The molecule has 1 heterocycles. The van der Waals surface area contributed by atoms with Crippen molar-refractivity contribution in [1.82, 2.24) is 0 Å². The van der Waals surface area contributed by atoms with Gasteiger partial charge < -0.3 is 9.84 Å². The predicted molar refractivity (Wildman–Crippen MR) is 87.9 cm³/mol. The molecule has 3 rings (SSSR count). The summed E-state index contributed by atoms with van der Waals surface area (Å²) in [4.78, 5) is 23.5. The van der Waals surface area contributed by atoms with Gasteiger partial charge in [0.1, 0.15) is 0 Å². The molecule has 1 fully saturated rings. The smallest absolute Gasteiger partial charge is 0.323 e. The van der Waals surface area contributed by atoms with E-state index in [1.54, 1.807) is 6.08 Å². The number of esters is 1. The number of carboxylic acid groups (broad SMARTS) is 1. The van der Waals surface area contributed by atoms with E-state index in [1.165, 1.54) is 0 Å². The lowest BCUT2D eigenvalue weighted by atomic mass is 9.78. The summed E-state index contributed by atoms with van der Waals surface area (Å²) >= 11 is 0. The monoisotopic (exact) mass is 310 g/mol. The van der Waals surface area contributed by atoms with Gasteiger partial charge >= 0.3 is 11.9 Å². The van der Waals surface area contributed by atoms with Gasteiger partial charge in [-0.25, -0.2) is 0 Å². The van der Waals surface area contributed by atoms with E-state index in [4.69, 9.17) is 4.74 Å². The number of carbonyl (C=O) groups excluding carboxylic acids is 1. The molecule has 4 nitrogen and oxygen atoms in total. The highest BCUT2D eigenvalue weighted by molar-refractivity contribution is 5.99. The second kappa shape index (κ2) is 6.24. The quantitative estimate of drug-likeness (QED) is 0.691. The SMILES string of the molecule is O=C(O)[C@]1(C/C=C/c2ccc3ccccc3c2)CCCOC1=O. The first-order valence-corrected chi connectivity index (χ1v) is 7.68. The molecule has 1 saturated heterocycles. The Kier molecular flexibility index (Phi) is 4.15. The number of ether oxygens (including phenoxy) is 1. The summed E-state index contributed by atoms with van der Waals surface area (Å²) < 4.78 is 4.96. The zero-order valence-electron chi connectivity index (χ0n) is 12.7. The Hall–Kier alpha value is -2.62. The van der Waals surface area contributed by atoms with Gasteiger partial charge in [-0.15, -0.1) is 0 Å². The Morgan fingerprint density at radius 1 is 1.22 bits per heavy atom. The number of cyclic esters (lactones) is 1. The molecule has 0 aromatic heterocycles. The molecule has 1 aliphatic heterocycles. The van der Waals surface area contributed by atoms with E-state index in [0.717, 1.165) is 16.3 Å². The maximum Gasteiger partial charge on any atom is 0.323 e. The van der Waals surface area contributed by atoms with Crippen molar-refractivity contribution in [3.63, 3.8) is 0 Å². The molecule has 0 radical (unpaired) electrons. The van der Waals surface area contributed by atoms with Crippen molar-refractivity contribution in [2.45, 2.75) is 19.3 Å². The van der Waals surface area contributed by atoms with Crippen molar-refractivity contribution in [3.8, 4) is 0 Å². The Labute approximate surface area is 134 Å². The van der Waals surface area contributed by atoms with Crippen LogP contribution < -0.4 is 0 Å². The van der Waals surface area contributed by atoms with Crippen LogP contribution in [0.15, 0.2) is 48.5 Å². The third kappa shape index (κ3) is 2.97. The Morgan fingerprint density at radius 2 is 2.00 bits per heavy atom. The lowest BCUT2D eigenvalue weighted by Crippen LogP contribution is -2.43. The maximum absolute atomic E-state index is 11.9. The van der Waals surface area contributed by atoms with Gasteiger partial charge in [0.25, 0.3) is 0 Å². The molecule has 1 aliphatic rings. The fourth-order valence-corrected chi connectivity index (χ4v) is 2.95. The summed E-state index contributed by atoms with van der Waals surface area (Å²) in [6.45, 7) is 0.308. The lowest BCUT2D eigenvalue weighted by molar-refractivity contribution is -0.174. The summed E-state index contributed by atoms with van der Waals surface area (Å²) in [5.41, 5.74) is -0.459. The fraction of sp³-hybridized carbons (Fsp3) is 0.263. The molecule has 0 amide bonds. The van der Waals surface area contributed by atoms with Crippen LogP contribution in [0.3, 0.4) is 0 Å². The average molecular weight is 310 g/mol. The molecule has 0 unspecified atom stereocenters. The normalized spacial score (nSPS) is 21.5. The molecule has 2 aromatic rings. The number of hydrogen-bond acceptors (Lipinski definition) is 3. The van der Waals surface area contributed by atoms with Crippen LogP contribution in [0.2, 0.25) is 0 Å². The highest BCUT2D eigenvalue weighted by Gasteiger charge is 2.48. The Morgan fingerprint density at radius 3 is 2.74 bits per heavy atom. The molecule has 118 valence electrons. The number of benzene rings is 2. The lowest BCUT2D eigenvalue weighted by Gasteiger charge is -2.29. The molecule has 0 spiro atoms. The van der Waals surface area contributed by atoms with Gasteiger partial charge in [-0.05, 0) is 41.7 Å². The molecule has 1 atom stereocenters. The summed E-state index contributed by atoms with van der Waals surface area (Å²) in [6.07, 6.45) is 4.67. The highest BCUT2D eigenvalue weighted by atomic mass is 16.5. The second-order valence-electron chi connectivity index (χ2n) is 5.84. The number of carboxylic acids is 1. The summed E-state index contributed by atoms with van der Waals surface area (Å²) in [5.74, 6) is -1.73. The van der Waals surface area contributed by atoms with Crippen molar-refractivity contribution in [2.75, 3.05) is 6.61 Å². The van der Waals surface area contributed by atoms with Gasteiger partial charge in [0.2, 0.25) is 0 Å². The van der Waals surface area contributed by atoms with Crippen LogP contribution in [0.1, 0.15) is 24.8 Å². The number of aliphatic carboxylic acids is 1. The van der Waals surface area contributed by atoms with Gasteiger partial charge in [0.05, 0.1) is 6.61 Å². The molecule has 0 saturated carbocycles. The van der Waals surface area contributed by atoms with E-state index in [0.29, 0.717) is 19.4 Å². The molecule has 0 bridgehead atoms. The van der Waals surface area contributed by atoms with E-state index in [9.17, 15) is 14.7 Å². The number of hydrogen-bond donors (Lipinski definition) is 1. The predicted octanol–water partition coefficient (Wildman–Crippen LogP) is 3.65. The second-order valence-corrected chi connectivity index (χ2v) is 5.84. The minimum absolute atomic E-state index is 0.147. The third-order valence-corrected chi connectivity index (χ3v) is 4.33. The van der Waals surface area contributed by atoms with Crippen molar-refractivity contribution in [1.29, 1.82) is 0 Å². The van der Waals surface area contributed by atoms with Crippen LogP contribution in [0.25, 0.3) is 16.8 Å². The first-order chi connectivity index (χ1) is 11.1. The standard InChI is InChI=1S/C19H18O4/c20-17(21)19(11-4-12-23-18(19)22)10-3-5-14-8-9-15-6-1-2-7-16(15)13-14/h1-3,5-9,13H,4,10-12H2,(H,20,21)/b5-3+/t19-/m0/s1. The van der Waals surface area contributed by atoms with Crippen LogP contribution in [-0.4, -0.2) is 23.7 Å². The van der Waals surface area contributed by atoms with Gasteiger partial charge in [-0.1, -0.05) is 48.6 Å². The minimum atomic E-state index is -1.44. The zero-order chi connectivity index (χ0) is 16.3. The van der Waals surface area contributed by atoms with Crippen molar-refractivity contribution >= 4 is 28.8 Å². The molecule has 1 N–H and O–H groups in total. The van der Waals surface area contributed by atoms with E-state index >= 15 is 0 Å². The highest BCUT2D eigenvalue weighted by Crippen LogP contribution is 2.34. The van der Waals surface area contributed by atoms with E-state index in [1.807, 2.05) is 48.5 Å². The maximum atomic E-state index is 11.9. The van der Waals surface area contributed by atoms with Crippen molar-refractivity contribution in [3.05, 3.63) is 54.1 Å². The third-order valence-electron chi connectivity index (χ3n) is 4.33. The molecule has 23 heavy (non-hydrogen) atoms. The molecular formula is C19H18O4. The largest absolute Gasteiger partial charge is 0.480 e. The van der Waals surface area contributed by atoms with Crippen molar-refractivity contribution < 1.29 is 19.4 Å². The summed E-state index contributed by atoms with van der Waals surface area (Å²) in [7, 11) is 0. The first kappa shape index (κ1) is 15.3. The fourth-order valence-electron chi connectivity index (χ4n) is 2.95. The molecule has 0 aliphatic carbocycles. The van der Waals surface area contributed by atoms with Gasteiger partial charge in [-0.3, -0.25) is 9.59 Å². The number of rotatable bonds is 4. The van der Waals surface area contributed by atoms with Crippen LogP contribution >= 0.6 is 0 Å². The van der Waals surface area contributed by atoms with Crippen LogP contribution in [-0.2, 0) is 14.3 Å². The van der Waals surface area contributed by atoms with E-state index < -0.39 is 17.4 Å². The van der Waals surface area contributed by atoms with Crippen LogP contribution in [0.4, 0.5) is 0 Å². The Bertz CT molecular complexity index is 778. The van der Waals surface area contributed by atoms with Gasteiger partial charge in [-0.2, -0.15) is 0 Å². The molecule has 4 heteroatoms. The zero-order valence-corrected chi connectivity index (χ0v) is 12.7. The molecule has 2 aromatic carbocycles. The van der Waals surface area contributed by atoms with Crippen LogP contribution in [0, 0.1) is 5.41 Å². The molecular weight excluding hydrogens is 292 g/mol. The Balaban J connectivity index is 1.80. The number of allylic oxidation sites excluding steroid dienone is 1. The number of carbonyl (C=O) groups is 2. The first-order valence-electron chi connectivity index (χ1n) is 7.68. The van der Waals surface area contributed by atoms with Crippen LogP contribution in [0.5, 0.6) is 0 Å². The number of fused-ring (bicyclic) bond motifs is 1. The topological polar surface area (TPSA) is 63.6 Å². The summed E-state index contributed by atoms with van der Waals surface area (Å²) in [6, 6.07) is 14.1.